The summed E-state index contributed by atoms with van der Waals surface area (Å²) in [5.74, 6) is 1.80. The van der Waals surface area contributed by atoms with E-state index in [2.05, 4.69) is 18.7 Å². The topological polar surface area (TPSA) is 29.3 Å². The van der Waals surface area contributed by atoms with Gasteiger partial charge in [-0.3, -0.25) is 4.90 Å². The van der Waals surface area contributed by atoms with E-state index in [4.69, 9.17) is 5.73 Å². The van der Waals surface area contributed by atoms with Crippen LogP contribution >= 0.6 is 0 Å². The van der Waals surface area contributed by atoms with Gasteiger partial charge in [0.05, 0.1) is 0 Å². The van der Waals surface area contributed by atoms with E-state index in [-0.39, 0.29) is 0 Å². The Hall–Kier alpha value is -0.0800. The predicted molar refractivity (Wildman–Crippen MR) is 78.6 cm³/mol. The number of rotatable bonds is 6. The van der Waals surface area contributed by atoms with Gasteiger partial charge in [-0.2, -0.15) is 0 Å². The van der Waals surface area contributed by atoms with Gasteiger partial charge in [0.15, 0.2) is 0 Å². The van der Waals surface area contributed by atoms with E-state index < -0.39 is 0 Å². The second-order valence-electron chi connectivity index (χ2n) is 6.49. The van der Waals surface area contributed by atoms with Gasteiger partial charge >= 0.3 is 0 Å². The monoisotopic (exact) mass is 252 g/mol. The van der Waals surface area contributed by atoms with E-state index in [0.29, 0.717) is 5.54 Å². The fourth-order valence-corrected chi connectivity index (χ4v) is 4.31. The molecule has 2 atom stereocenters. The van der Waals surface area contributed by atoms with Crippen LogP contribution in [-0.2, 0) is 0 Å². The normalized spacial score (nSPS) is 33.7. The van der Waals surface area contributed by atoms with Crippen LogP contribution in [0.1, 0.15) is 65.2 Å². The summed E-state index contributed by atoms with van der Waals surface area (Å²) in [4.78, 5) is 2.77. The van der Waals surface area contributed by atoms with E-state index in [9.17, 15) is 0 Å². The highest BCUT2D eigenvalue weighted by atomic mass is 15.2. The highest BCUT2D eigenvalue weighted by molar-refractivity contribution is 5.00. The van der Waals surface area contributed by atoms with Crippen molar-refractivity contribution in [2.75, 3.05) is 19.6 Å². The van der Waals surface area contributed by atoms with Gasteiger partial charge in [-0.25, -0.2) is 0 Å². The van der Waals surface area contributed by atoms with Crippen LogP contribution in [-0.4, -0.2) is 30.1 Å². The van der Waals surface area contributed by atoms with Crippen LogP contribution in [0.4, 0.5) is 0 Å². The maximum absolute atomic E-state index is 6.27. The van der Waals surface area contributed by atoms with Crippen LogP contribution in [0.25, 0.3) is 0 Å². The van der Waals surface area contributed by atoms with E-state index in [1.807, 2.05) is 0 Å². The molecule has 0 spiro atoms. The Labute approximate surface area is 113 Å². The van der Waals surface area contributed by atoms with Crippen LogP contribution in [0.3, 0.4) is 0 Å². The molecule has 0 heterocycles. The fourth-order valence-electron chi connectivity index (χ4n) is 4.31. The molecule has 2 aliphatic carbocycles. The minimum Gasteiger partial charge on any atom is -0.329 e. The summed E-state index contributed by atoms with van der Waals surface area (Å²) < 4.78 is 0. The molecule has 2 aliphatic rings. The average Bonchev–Trinajstić information content (AvgIpc) is 2.37. The van der Waals surface area contributed by atoms with Crippen molar-refractivity contribution in [3.05, 3.63) is 0 Å². The molecule has 0 aromatic carbocycles. The predicted octanol–water partition coefficient (Wildman–Crippen LogP) is 3.41. The zero-order valence-electron chi connectivity index (χ0n) is 12.5. The number of hydrogen-bond donors (Lipinski definition) is 1. The molecule has 18 heavy (non-hydrogen) atoms. The molecule has 2 N–H and O–H groups in total. The second-order valence-corrected chi connectivity index (χ2v) is 6.49. The molecule has 2 rings (SSSR count). The van der Waals surface area contributed by atoms with E-state index in [1.54, 1.807) is 0 Å². The molecule has 0 saturated heterocycles. The standard InChI is InChI=1S/C16H32N2/c1-3-15-10-5-6-11-16(15,13-17)18(4-2)12-14-8-7-9-14/h14-15H,3-13,17H2,1-2H3. The Morgan fingerprint density at radius 1 is 1.11 bits per heavy atom. The van der Waals surface area contributed by atoms with Crippen LogP contribution in [0, 0.1) is 11.8 Å². The fraction of sp³-hybridized carbons (Fsp3) is 1.00. The van der Waals surface area contributed by atoms with Gasteiger partial charge in [-0.1, -0.05) is 39.5 Å². The summed E-state index contributed by atoms with van der Waals surface area (Å²) in [6, 6.07) is 0. The van der Waals surface area contributed by atoms with Crippen LogP contribution < -0.4 is 5.73 Å². The van der Waals surface area contributed by atoms with Crippen molar-refractivity contribution < 1.29 is 0 Å². The molecular weight excluding hydrogens is 220 g/mol. The molecule has 0 aromatic rings. The maximum Gasteiger partial charge on any atom is 0.0359 e. The third-order valence-electron chi connectivity index (χ3n) is 5.73. The van der Waals surface area contributed by atoms with Crippen molar-refractivity contribution in [3.8, 4) is 0 Å². The summed E-state index contributed by atoms with van der Waals surface area (Å²) in [7, 11) is 0. The lowest BCUT2D eigenvalue weighted by molar-refractivity contribution is -0.0108. The average molecular weight is 252 g/mol. The number of nitrogens with zero attached hydrogens (tertiary/aromatic N) is 1. The van der Waals surface area contributed by atoms with Crippen molar-refractivity contribution in [1.29, 1.82) is 0 Å². The van der Waals surface area contributed by atoms with Gasteiger partial charge in [0.25, 0.3) is 0 Å². The number of likely N-dealkylation sites (N-methyl/N-ethyl adjacent to an activating group) is 1. The third kappa shape index (κ3) is 2.60. The molecule has 2 nitrogen and oxygen atoms in total. The van der Waals surface area contributed by atoms with Gasteiger partial charge in [0.1, 0.15) is 0 Å². The first-order valence-corrected chi connectivity index (χ1v) is 8.22. The van der Waals surface area contributed by atoms with Gasteiger partial charge in [-0.05, 0) is 44.1 Å². The summed E-state index contributed by atoms with van der Waals surface area (Å²) in [6.07, 6.45) is 11.2. The molecule has 0 radical (unpaired) electrons. The Balaban J connectivity index is 2.09. The Morgan fingerprint density at radius 2 is 1.89 bits per heavy atom. The third-order valence-corrected chi connectivity index (χ3v) is 5.73. The highest BCUT2D eigenvalue weighted by Gasteiger charge is 2.43. The second kappa shape index (κ2) is 6.38. The lowest BCUT2D eigenvalue weighted by Gasteiger charge is -2.52. The minimum absolute atomic E-state index is 0.331. The molecule has 0 amide bonds. The van der Waals surface area contributed by atoms with Crippen LogP contribution in [0.2, 0.25) is 0 Å². The zero-order chi connectivity index (χ0) is 13.0. The van der Waals surface area contributed by atoms with E-state index in [0.717, 1.165) is 18.4 Å². The van der Waals surface area contributed by atoms with Gasteiger partial charge < -0.3 is 5.73 Å². The van der Waals surface area contributed by atoms with Crippen molar-refractivity contribution >= 4 is 0 Å². The number of hydrogen-bond acceptors (Lipinski definition) is 2. The molecule has 2 unspecified atom stereocenters. The molecular formula is C16H32N2. The molecule has 2 fully saturated rings. The maximum atomic E-state index is 6.27. The first kappa shape index (κ1) is 14.3. The van der Waals surface area contributed by atoms with Gasteiger partial charge in [-0.15, -0.1) is 0 Å². The summed E-state index contributed by atoms with van der Waals surface area (Å²) in [5, 5.41) is 0. The summed E-state index contributed by atoms with van der Waals surface area (Å²) >= 11 is 0. The Kier molecular flexibility index (Phi) is 5.08. The van der Waals surface area contributed by atoms with Crippen LogP contribution in [0.5, 0.6) is 0 Å². The number of nitrogens with two attached hydrogens (primary N) is 1. The smallest absolute Gasteiger partial charge is 0.0359 e. The van der Waals surface area contributed by atoms with Gasteiger partial charge in [0.2, 0.25) is 0 Å². The Morgan fingerprint density at radius 3 is 2.39 bits per heavy atom. The highest BCUT2D eigenvalue weighted by Crippen LogP contribution is 2.41. The first-order chi connectivity index (χ1) is 8.76. The van der Waals surface area contributed by atoms with Crippen LogP contribution in [0.15, 0.2) is 0 Å². The molecule has 106 valence electrons. The zero-order valence-corrected chi connectivity index (χ0v) is 12.5. The molecule has 0 bridgehead atoms. The van der Waals surface area contributed by atoms with Crippen molar-refractivity contribution in [2.45, 2.75) is 70.8 Å². The van der Waals surface area contributed by atoms with E-state index in [1.165, 1.54) is 64.5 Å². The lowest BCUT2D eigenvalue weighted by Crippen LogP contribution is -2.61. The molecule has 0 aliphatic heterocycles. The van der Waals surface area contributed by atoms with Gasteiger partial charge in [0, 0.05) is 18.6 Å². The van der Waals surface area contributed by atoms with E-state index >= 15 is 0 Å². The minimum atomic E-state index is 0.331. The van der Waals surface area contributed by atoms with Crippen molar-refractivity contribution in [1.82, 2.24) is 4.90 Å². The Bertz CT molecular complexity index is 249. The molecule has 2 heteroatoms. The van der Waals surface area contributed by atoms with Crippen molar-refractivity contribution in [3.63, 3.8) is 0 Å². The lowest BCUT2D eigenvalue weighted by atomic mass is 9.69. The first-order valence-electron chi connectivity index (χ1n) is 8.22. The summed E-state index contributed by atoms with van der Waals surface area (Å²) in [6.45, 7) is 8.05. The van der Waals surface area contributed by atoms with Crippen molar-refractivity contribution in [2.24, 2.45) is 17.6 Å². The SMILES string of the molecule is CCC1CCCCC1(CN)N(CC)CC1CCC1. The quantitative estimate of drug-likeness (QED) is 0.785. The largest absolute Gasteiger partial charge is 0.329 e. The summed E-state index contributed by atoms with van der Waals surface area (Å²) in [5.41, 5.74) is 6.60. The molecule has 2 saturated carbocycles. The molecule has 0 aromatic heterocycles.